The van der Waals surface area contributed by atoms with E-state index in [-0.39, 0.29) is 5.91 Å². The van der Waals surface area contributed by atoms with Crippen LogP contribution in [0.3, 0.4) is 0 Å². The van der Waals surface area contributed by atoms with Crippen molar-refractivity contribution in [3.63, 3.8) is 0 Å². The van der Waals surface area contributed by atoms with Crippen LogP contribution >= 0.6 is 0 Å². The SMILES string of the molecule is O=Cc1ccc(C(=O)Nc2ccc3c(c2)B(O)OC3)cc1. The summed E-state index contributed by atoms with van der Waals surface area (Å²) in [5, 5.41) is 12.4. The Hall–Kier alpha value is -2.44. The van der Waals surface area contributed by atoms with Crippen molar-refractivity contribution in [2.75, 3.05) is 5.32 Å². The van der Waals surface area contributed by atoms with Gasteiger partial charge in [-0.3, -0.25) is 9.59 Å². The zero-order chi connectivity index (χ0) is 14.8. The minimum atomic E-state index is -0.941. The molecule has 0 saturated carbocycles. The number of anilines is 1. The number of aldehydes is 1. The van der Waals surface area contributed by atoms with Crippen LogP contribution < -0.4 is 10.8 Å². The van der Waals surface area contributed by atoms with Crippen molar-refractivity contribution in [3.05, 3.63) is 59.2 Å². The lowest BCUT2D eigenvalue weighted by molar-refractivity contribution is 0.102. The zero-order valence-corrected chi connectivity index (χ0v) is 11.1. The number of amides is 1. The highest BCUT2D eigenvalue weighted by molar-refractivity contribution is 6.61. The molecule has 104 valence electrons. The van der Waals surface area contributed by atoms with E-state index in [2.05, 4.69) is 5.32 Å². The molecule has 0 aromatic heterocycles. The molecule has 0 radical (unpaired) electrons. The van der Waals surface area contributed by atoms with Crippen molar-refractivity contribution >= 4 is 30.5 Å². The number of rotatable bonds is 3. The molecule has 0 spiro atoms. The summed E-state index contributed by atoms with van der Waals surface area (Å²) in [7, 11) is -0.941. The first-order valence-electron chi connectivity index (χ1n) is 6.46. The van der Waals surface area contributed by atoms with Gasteiger partial charge in [0.1, 0.15) is 6.29 Å². The Morgan fingerprint density at radius 1 is 1.24 bits per heavy atom. The van der Waals surface area contributed by atoms with Gasteiger partial charge in [-0.15, -0.1) is 0 Å². The van der Waals surface area contributed by atoms with E-state index < -0.39 is 7.12 Å². The lowest BCUT2D eigenvalue weighted by Gasteiger charge is -2.07. The smallest absolute Gasteiger partial charge is 0.423 e. The van der Waals surface area contributed by atoms with Gasteiger partial charge in [0.15, 0.2) is 0 Å². The van der Waals surface area contributed by atoms with Crippen LogP contribution in [0.5, 0.6) is 0 Å². The predicted molar refractivity (Wildman–Crippen MR) is 78.6 cm³/mol. The summed E-state index contributed by atoms with van der Waals surface area (Å²) >= 11 is 0. The van der Waals surface area contributed by atoms with Gasteiger partial charge >= 0.3 is 7.12 Å². The molecule has 1 aliphatic rings. The van der Waals surface area contributed by atoms with E-state index in [1.807, 2.05) is 6.07 Å². The molecule has 0 atom stereocenters. The molecule has 0 saturated heterocycles. The van der Waals surface area contributed by atoms with E-state index in [4.69, 9.17) is 4.65 Å². The van der Waals surface area contributed by atoms with E-state index in [1.54, 1.807) is 36.4 Å². The van der Waals surface area contributed by atoms with Gasteiger partial charge in [-0.2, -0.15) is 0 Å². The lowest BCUT2D eigenvalue weighted by Crippen LogP contribution is -2.28. The molecule has 0 fully saturated rings. The third kappa shape index (κ3) is 2.72. The van der Waals surface area contributed by atoms with Crippen molar-refractivity contribution in [1.82, 2.24) is 0 Å². The molecule has 2 aromatic rings. The molecular weight excluding hydrogens is 269 g/mol. The molecule has 2 aromatic carbocycles. The van der Waals surface area contributed by atoms with E-state index in [0.29, 0.717) is 28.9 Å². The lowest BCUT2D eigenvalue weighted by atomic mass is 9.79. The molecule has 2 N–H and O–H groups in total. The Bertz CT molecular complexity index is 699. The van der Waals surface area contributed by atoms with E-state index in [1.165, 1.54) is 0 Å². The predicted octanol–water partition coefficient (Wildman–Crippen LogP) is 0.969. The van der Waals surface area contributed by atoms with Gasteiger partial charge in [0, 0.05) is 16.8 Å². The monoisotopic (exact) mass is 281 g/mol. The van der Waals surface area contributed by atoms with Crippen molar-refractivity contribution in [2.24, 2.45) is 0 Å². The molecule has 1 heterocycles. The highest BCUT2D eigenvalue weighted by atomic mass is 16.5. The van der Waals surface area contributed by atoms with Crippen molar-refractivity contribution in [2.45, 2.75) is 6.61 Å². The fourth-order valence-corrected chi connectivity index (χ4v) is 2.21. The summed E-state index contributed by atoms with van der Waals surface area (Å²) in [6.07, 6.45) is 0.726. The topological polar surface area (TPSA) is 75.6 Å². The molecular formula is C15H12BNO4. The Morgan fingerprint density at radius 3 is 2.71 bits per heavy atom. The number of nitrogens with one attached hydrogen (secondary N) is 1. The summed E-state index contributed by atoms with van der Waals surface area (Å²) in [5.74, 6) is -0.277. The fraction of sp³-hybridized carbons (Fsp3) is 0.0667. The van der Waals surface area contributed by atoms with Crippen molar-refractivity contribution in [3.8, 4) is 0 Å². The molecule has 0 aliphatic carbocycles. The second-order valence-electron chi connectivity index (χ2n) is 4.77. The quantitative estimate of drug-likeness (QED) is 0.649. The summed E-state index contributed by atoms with van der Waals surface area (Å²) in [6, 6.07) is 11.6. The van der Waals surface area contributed by atoms with Crippen LogP contribution in [0.15, 0.2) is 42.5 Å². The van der Waals surface area contributed by atoms with Gasteiger partial charge < -0.3 is 15.0 Å². The molecule has 3 rings (SSSR count). The van der Waals surface area contributed by atoms with Gasteiger partial charge in [0.05, 0.1) is 6.61 Å². The first-order valence-corrected chi connectivity index (χ1v) is 6.46. The van der Waals surface area contributed by atoms with Crippen LogP contribution in [-0.4, -0.2) is 24.3 Å². The number of carbonyl (C=O) groups excluding carboxylic acids is 2. The summed E-state index contributed by atoms with van der Waals surface area (Å²) < 4.78 is 5.10. The normalized spacial score (nSPS) is 12.9. The molecule has 6 heteroatoms. The minimum absolute atomic E-state index is 0.277. The average Bonchev–Trinajstić information content (AvgIpc) is 2.88. The molecule has 1 aliphatic heterocycles. The maximum atomic E-state index is 12.1. The van der Waals surface area contributed by atoms with Crippen LogP contribution in [0.2, 0.25) is 0 Å². The van der Waals surface area contributed by atoms with Crippen LogP contribution in [0.1, 0.15) is 26.3 Å². The standard InChI is InChI=1S/C15H12BNO4/c18-8-10-1-3-11(4-2-10)15(19)17-13-6-5-12-9-21-16(20)14(12)7-13/h1-8,20H,9H2,(H,17,19). The number of carbonyl (C=O) groups is 2. The molecule has 21 heavy (non-hydrogen) atoms. The molecule has 0 unspecified atom stereocenters. The number of benzene rings is 2. The summed E-state index contributed by atoms with van der Waals surface area (Å²) in [6.45, 7) is 0.373. The minimum Gasteiger partial charge on any atom is -0.423 e. The Kier molecular flexibility index (Phi) is 3.56. The maximum Gasteiger partial charge on any atom is 0.491 e. The number of hydrogen-bond acceptors (Lipinski definition) is 4. The van der Waals surface area contributed by atoms with Gasteiger partial charge in [0.25, 0.3) is 5.91 Å². The highest BCUT2D eigenvalue weighted by Crippen LogP contribution is 2.15. The van der Waals surface area contributed by atoms with Crippen LogP contribution in [0.4, 0.5) is 5.69 Å². The van der Waals surface area contributed by atoms with Gasteiger partial charge in [-0.1, -0.05) is 18.2 Å². The van der Waals surface area contributed by atoms with Crippen molar-refractivity contribution < 1.29 is 19.3 Å². The van der Waals surface area contributed by atoms with Gasteiger partial charge in [0.2, 0.25) is 0 Å². The average molecular weight is 281 g/mol. The van der Waals surface area contributed by atoms with Crippen molar-refractivity contribution in [1.29, 1.82) is 0 Å². The molecule has 5 nitrogen and oxygen atoms in total. The number of hydrogen-bond donors (Lipinski definition) is 2. The molecule has 0 bridgehead atoms. The molecule has 1 amide bonds. The zero-order valence-electron chi connectivity index (χ0n) is 11.1. The van der Waals surface area contributed by atoms with Crippen LogP contribution in [0, 0.1) is 0 Å². The Morgan fingerprint density at radius 2 is 2.00 bits per heavy atom. The fourth-order valence-electron chi connectivity index (χ4n) is 2.21. The third-order valence-electron chi connectivity index (χ3n) is 3.38. The van der Waals surface area contributed by atoms with Gasteiger partial charge in [-0.25, -0.2) is 0 Å². The van der Waals surface area contributed by atoms with Crippen LogP contribution in [0.25, 0.3) is 0 Å². The summed E-state index contributed by atoms with van der Waals surface area (Å²) in [5.41, 5.74) is 3.14. The van der Waals surface area contributed by atoms with E-state index in [0.717, 1.165) is 11.8 Å². The first-order chi connectivity index (χ1) is 10.2. The number of fused-ring (bicyclic) bond motifs is 1. The summed E-state index contributed by atoms with van der Waals surface area (Å²) in [4.78, 5) is 22.7. The Labute approximate surface area is 121 Å². The maximum absolute atomic E-state index is 12.1. The second-order valence-corrected chi connectivity index (χ2v) is 4.77. The van der Waals surface area contributed by atoms with Crippen LogP contribution in [-0.2, 0) is 11.3 Å². The van der Waals surface area contributed by atoms with E-state index >= 15 is 0 Å². The van der Waals surface area contributed by atoms with E-state index in [9.17, 15) is 14.6 Å². The highest BCUT2D eigenvalue weighted by Gasteiger charge is 2.27. The third-order valence-corrected chi connectivity index (χ3v) is 3.38. The largest absolute Gasteiger partial charge is 0.491 e. The van der Waals surface area contributed by atoms with Gasteiger partial charge in [-0.05, 0) is 35.3 Å². The second kappa shape index (κ2) is 5.51. The Balaban J connectivity index is 1.78. The first kappa shape index (κ1) is 13.5.